The first-order valence-corrected chi connectivity index (χ1v) is 10.8. The van der Waals surface area contributed by atoms with Gasteiger partial charge in [-0.1, -0.05) is 31.5 Å². The zero-order valence-electron chi connectivity index (χ0n) is 16.2. The number of para-hydroxylation sites is 1. The van der Waals surface area contributed by atoms with Crippen LogP contribution in [0, 0.1) is 0 Å². The number of anilines is 1. The summed E-state index contributed by atoms with van der Waals surface area (Å²) in [7, 11) is 0. The van der Waals surface area contributed by atoms with Crippen LogP contribution >= 0.6 is 22.9 Å². The maximum atomic E-state index is 12.6. The Morgan fingerprint density at radius 2 is 1.93 bits per heavy atom. The summed E-state index contributed by atoms with van der Waals surface area (Å²) in [5.74, 6) is 0.826. The Labute approximate surface area is 177 Å². The Balaban J connectivity index is 0.000000994. The molecule has 4 aromatic rings. The summed E-state index contributed by atoms with van der Waals surface area (Å²) in [6.45, 7) is 7.60. The van der Waals surface area contributed by atoms with Crippen LogP contribution in [-0.4, -0.2) is 36.1 Å². The first kappa shape index (κ1) is 19.8. The van der Waals surface area contributed by atoms with Gasteiger partial charge in [-0.2, -0.15) is 4.98 Å². The molecule has 150 valence electrons. The van der Waals surface area contributed by atoms with E-state index in [1.807, 2.05) is 38.1 Å². The number of rotatable bonds is 2. The van der Waals surface area contributed by atoms with Crippen molar-refractivity contribution < 1.29 is 4.42 Å². The number of benzene rings is 1. The summed E-state index contributed by atoms with van der Waals surface area (Å²) in [6, 6.07) is 11.3. The molecule has 0 spiro atoms. The Morgan fingerprint density at radius 1 is 1.14 bits per heavy atom. The van der Waals surface area contributed by atoms with E-state index < -0.39 is 5.63 Å². The van der Waals surface area contributed by atoms with Crippen molar-refractivity contribution >= 4 is 50.1 Å². The summed E-state index contributed by atoms with van der Waals surface area (Å²) in [5, 5.41) is 5.25. The molecule has 3 aromatic heterocycles. The zero-order valence-corrected chi connectivity index (χ0v) is 17.8. The van der Waals surface area contributed by atoms with Gasteiger partial charge in [0.1, 0.15) is 16.3 Å². The van der Waals surface area contributed by atoms with Crippen LogP contribution in [0.4, 0.5) is 5.82 Å². The standard InChI is InChI=1S/C19H15ClN4O2S.C2H6/c20-13-2-1-3-14-16(13)23-18(27-14)12-10-11-4-5-15(22-17(11)26-19(12)25)24-8-6-21-7-9-24;1-2/h1-5,10,21H,6-9H2;1-2H3. The second kappa shape index (κ2) is 8.49. The monoisotopic (exact) mass is 428 g/mol. The van der Waals surface area contributed by atoms with Gasteiger partial charge in [0.25, 0.3) is 0 Å². The zero-order chi connectivity index (χ0) is 20.4. The molecule has 0 bridgehead atoms. The van der Waals surface area contributed by atoms with Crippen molar-refractivity contribution in [1.29, 1.82) is 0 Å². The minimum Gasteiger partial charge on any atom is -0.403 e. The van der Waals surface area contributed by atoms with Gasteiger partial charge in [-0.25, -0.2) is 9.78 Å². The van der Waals surface area contributed by atoms with Gasteiger partial charge >= 0.3 is 5.63 Å². The van der Waals surface area contributed by atoms with Gasteiger partial charge in [0.05, 0.1) is 15.3 Å². The number of aromatic nitrogens is 2. The fourth-order valence-corrected chi connectivity index (χ4v) is 4.51. The molecule has 0 aliphatic carbocycles. The highest BCUT2D eigenvalue weighted by atomic mass is 35.5. The smallest absolute Gasteiger partial charge is 0.347 e. The molecule has 1 aromatic carbocycles. The van der Waals surface area contributed by atoms with Gasteiger partial charge in [-0.3, -0.25) is 0 Å². The number of fused-ring (bicyclic) bond motifs is 2. The molecule has 1 aliphatic rings. The fraction of sp³-hybridized carbons (Fsp3) is 0.286. The summed E-state index contributed by atoms with van der Waals surface area (Å²) in [4.78, 5) is 23.8. The highest BCUT2D eigenvalue weighted by molar-refractivity contribution is 7.21. The fourth-order valence-electron chi connectivity index (χ4n) is 3.24. The molecule has 0 radical (unpaired) electrons. The van der Waals surface area contributed by atoms with Crippen LogP contribution in [0.2, 0.25) is 5.02 Å². The van der Waals surface area contributed by atoms with E-state index in [0.29, 0.717) is 26.8 Å². The molecule has 5 rings (SSSR count). The summed E-state index contributed by atoms with van der Waals surface area (Å²) in [5.41, 5.74) is 1.03. The Bertz CT molecular complexity index is 1210. The second-order valence-electron chi connectivity index (χ2n) is 6.35. The minimum absolute atomic E-state index is 0.346. The number of piperazine rings is 1. The average Bonchev–Trinajstić information content (AvgIpc) is 3.20. The molecule has 1 N–H and O–H groups in total. The third-order valence-electron chi connectivity index (χ3n) is 4.63. The van der Waals surface area contributed by atoms with Gasteiger partial charge in [0.15, 0.2) is 0 Å². The second-order valence-corrected chi connectivity index (χ2v) is 7.79. The molecular formula is C21H21ClN4O2S. The summed E-state index contributed by atoms with van der Waals surface area (Å²) in [6.07, 6.45) is 0. The summed E-state index contributed by atoms with van der Waals surface area (Å²) < 4.78 is 6.46. The van der Waals surface area contributed by atoms with Gasteiger partial charge in [0, 0.05) is 31.6 Å². The van der Waals surface area contributed by atoms with E-state index >= 15 is 0 Å². The minimum atomic E-state index is -0.442. The lowest BCUT2D eigenvalue weighted by molar-refractivity contribution is 0.548. The maximum absolute atomic E-state index is 12.6. The van der Waals surface area contributed by atoms with Crippen LogP contribution < -0.4 is 15.8 Å². The van der Waals surface area contributed by atoms with Gasteiger partial charge in [-0.05, 0) is 30.3 Å². The molecule has 6 nitrogen and oxygen atoms in total. The topological polar surface area (TPSA) is 71.3 Å². The van der Waals surface area contributed by atoms with E-state index in [2.05, 4.69) is 20.2 Å². The van der Waals surface area contributed by atoms with Crippen LogP contribution in [0.25, 0.3) is 31.9 Å². The number of thiazole rings is 1. The molecule has 0 atom stereocenters. The van der Waals surface area contributed by atoms with Crippen molar-refractivity contribution in [3.63, 3.8) is 0 Å². The number of halogens is 1. The molecular weight excluding hydrogens is 408 g/mol. The number of nitrogens with one attached hydrogen (secondary N) is 1. The van der Waals surface area contributed by atoms with Crippen molar-refractivity contribution in [1.82, 2.24) is 15.3 Å². The van der Waals surface area contributed by atoms with Crippen molar-refractivity contribution in [2.24, 2.45) is 0 Å². The van der Waals surface area contributed by atoms with Crippen molar-refractivity contribution in [3.05, 3.63) is 51.8 Å². The van der Waals surface area contributed by atoms with Crippen molar-refractivity contribution in [2.45, 2.75) is 13.8 Å². The van der Waals surface area contributed by atoms with E-state index in [1.165, 1.54) is 11.3 Å². The molecule has 8 heteroatoms. The van der Waals surface area contributed by atoms with E-state index in [-0.39, 0.29) is 0 Å². The first-order chi connectivity index (χ1) is 14.2. The Kier molecular flexibility index (Phi) is 5.80. The molecule has 0 unspecified atom stereocenters. The lowest BCUT2D eigenvalue weighted by Crippen LogP contribution is -2.43. The predicted molar refractivity (Wildman–Crippen MR) is 120 cm³/mol. The predicted octanol–water partition coefficient (Wildman–Crippen LogP) is 4.55. The average molecular weight is 429 g/mol. The summed E-state index contributed by atoms with van der Waals surface area (Å²) >= 11 is 7.63. The Morgan fingerprint density at radius 3 is 2.69 bits per heavy atom. The quantitative estimate of drug-likeness (QED) is 0.505. The number of hydrogen-bond acceptors (Lipinski definition) is 7. The van der Waals surface area contributed by atoms with Gasteiger partial charge < -0.3 is 14.6 Å². The normalized spacial score (nSPS) is 14.1. The molecule has 4 heterocycles. The lowest BCUT2D eigenvalue weighted by Gasteiger charge is -2.28. The number of nitrogens with zero attached hydrogens (tertiary/aromatic N) is 3. The maximum Gasteiger partial charge on any atom is 0.347 e. The highest BCUT2D eigenvalue weighted by Crippen LogP contribution is 2.33. The van der Waals surface area contributed by atoms with Gasteiger partial charge in [-0.15, -0.1) is 11.3 Å². The molecule has 0 saturated carbocycles. The molecule has 1 saturated heterocycles. The Hall–Kier alpha value is -2.48. The van der Waals surface area contributed by atoms with E-state index in [9.17, 15) is 4.79 Å². The number of pyridine rings is 1. The van der Waals surface area contributed by atoms with Crippen LogP contribution in [-0.2, 0) is 0 Å². The lowest BCUT2D eigenvalue weighted by atomic mass is 10.2. The van der Waals surface area contributed by atoms with Gasteiger partial charge in [0.2, 0.25) is 5.71 Å². The van der Waals surface area contributed by atoms with E-state index in [4.69, 9.17) is 16.0 Å². The van der Waals surface area contributed by atoms with Crippen LogP contribution in [0.15, 0.2) is 45.6 Å². The van der Waals surface area contributed by atoms with Crippen molar-refractivity contribution in [2.75, 3.05) is 31.1 Å². The highest BCUT2D eigenvalue weighted by Gasteiger charge is 2.16. The van der Waals surface area contributed by atoms with Crippen LogP contribution in [0.5, 0.6) is 0 Å². The molecule has 1 fully saturated rings. The molecule has 0 amide bonds. The van der Waals surface area contributed by atoms with Crippen LogP contribution in [0.3, 0.4) is 0 Å². The molecule has 29 heavy (non-hydrogen) atoms. The van der Waals surface area contributed by atoms with Crippen LogP contribution in [0.1, 0.15) is 13.8 Å². The SMILES string of the molecule is CC.O=c1oc2nc(N3CCNCC3)ccc2cc1-c1nc2c(Cl)cccc2s1. The first-order valence-electron chi connectivity index (χ1n) is 9.65. The van der Waals surface area contributed by atoms with E-state index in [0.717, 1.165) is 42.1 Å². The number of hydrogen-bond donors (Lipinski definition) is 1. The van der Waals surface area contributed by atoms with E-state index in [1.54, 1.807) is 12.1 Å². The largest absolute Gasteiger partial charge is 0.403 e. The third kappa shape index (κ3) is 3.85. The third-order valence-corrected chi connectivity index (χ3v) is 5.98. The molecule has 1 aliphatic heterocycles. The van der Waals surface area contributed by atoms with Crippen molar-refractivity contribution in [3.8, 4) is 10.6 Å².